The van der Waals surface area contributed by atoms with Crippen molar-refractivity contribution >= 4 is 23.5 Å². The Morgan fingerprint density at radius 1 is 1.53 bits per heavy atom. The molecule has 0 fully saturated rings. The van der Waals surface area contributed by atoms with Crippen LogP contribution in [-0.2, 0) is 9.53 Å². The molecule has 96 valence electrons. The third-order valence-corrected chi connectivity index (χ3v) is 2.14. The van der Waals surface area contributed by atoms with E-state index in [1.807, 2.05) is 6.07 Å². The van der Waals surface area contributed by atoms with Crippen LogP contribution in [0.5, 0.6) is 0 Å². The monoisotopic (exact) mass is 261 g/mol. The Hall–Kier alpha value is -1.32. The molecule has 0 aliphatic heterocycles. The van der Waals surface area contributed by atoms with Crippen LogP contribution in [0, 0.1) is 11.3 Å². The molecule has 0 aromatic rings. The number of hydrogen-bond donors (Lipinski definition) is 1. The maximum absolute atomic E-state index is 11.6. The number of carbonyl (C=O) groups is 2. The van der Waals surface area contributed by atoms with E-state index < -0.39 is 17.3 Å². The van der Waals surface area contributed by atoms with Crippen LogP contribution in [0.4, 0.5) is 4.79 Å². The van der Waals surface area contributed by atoms with Crippen molar-refractivity contribution in [3.8, 4) is 6.07 Å². The Balaban J connectivity index is 4.31. The molecule has 1 unspecified atom stereocenters. The van der Waals surface area contributed by atoms with E-state index in [-0.39, 0.29) is 13.0 Å². The molecule has 1 N–H and O–H groups in total. The van der Waals surface area contributed by atoms with Gasteiger partial charge in [-0.2, -0.15) is 5.26 Å². The highest BCUT2D eigenvalue weighted by molar-refractivity contribution is 6.31. The van der Waals surface area contributed by atoms with Crippen LogP contribution in [0.2, 0.25) is 0 Å². The van der Waals surface area contributed by atoms with Crippen LogP contribution < -0.4 is 5.32 Å². The zero-order chi connectivity index (χ0) is 13.3. The minimum Gasteiger partial charge on any atom is -0.383 e. The summed E-state index contributed by atoms with van der Waals surface area (Å²) in [5.41, 5.74) is 0. The summed E-state index contributed by atoms with van der Waals surface area (Å²) in [7, 11) is 1.51. The number of nitriles is 1. The lowest BCUT2D eigenvalue weighted by atomic mass is 10.4. The molecule has 0 saturated heterocycles. The lowest BCUT2D eigenvalue weighted by molar-refractivity contribution is -0.119. The molecule has 0 saturated carbocycles. The summed E-state index contributed by atoms with van der Waals surface area (Å²) >= 11 is 5.53. The number of alkyl halides is 1. The predicted molar refractivity (Wildman–Crippen MR) is 62.5 cm³/mol. The summed E-state index contributed by atoms with van der Waals surface area (Å²) in [6.07, 6.45) is 0.196. The van der Waals surface area contributed by atoms with Gasteiger partial charge in [-0.25, -0.2) is 4.79 Å². The first-order chi connectivity index (χ1) is 8.02. The number of amides is 3. The number of carbonyl (C=O) groups excluding carboxylic acids is 2. The van der Waals surface area contributed by atoms with Gasteiger partial charge in [-0.3, -0.25) is 10.1 Å². The number of ether oxygens (including phenoxy) is 1. The van der Waals surface area contributed by atoms with Crippen molar-refractivity contribution in [1.82, 2.24) is 10.2 Å². The SMILES string of the molecule is COCCN(CCC#N)C(=O)NC(=O)C(C)Cl. The minimum atomic E-state index is -0.779. The lowest BCUT2D eigenvalue weighted by Gasteiger charge is -2.21. The molecule has 17 heavy (non-hydrogen) atoms. The van der Waals surface area contributed by atoms with E-state index in [0.717, 1.165) is 0 Å². The van der Waals surface area contributed by atoms with Crippen molar-refractivity contribution in [3.05, 3.63) is 0 Å². The van der Waals surface area contributed by atoms with Gasteiger partial charge in [-0.05, 0) is 6.92 Å². The van der Waals surface area contributed by atoms with E-state index >= 15 is 0 Å². The van der Waals surface area contributed by atoms with Gasteiger partial charge in [0.05, 0.1) is 19.1 Å². The van der Waals surface area contributed by atoms with Crippen LogP contribution in [0.25, 0.3) is 0 Å². The molecule has 0 bridgehead atoms. The van der Waals surface area contributed by atoms with Crippen LogP contribution in [0.15, 0.2) is 0 Å². The third-order valence-electron chi connectivity index (χ3n) is 1.94. The highest BCUT2D eigenvalue weighted by Gasteiger charge is 2.18. The molecule has 0 radical (unpaired) electrons. The van der Waals surface area contributed by atoms with Gasteiger partial charge in [0.2, 0.25) is 5.91 Å². The maximum Gasteiger partial charge on any atom is 0.324 e. The smallest absolute Gasteiger partial charge is 0.324 e. The molecular weight excluding hydrogens is 246 g/mol. The van der Waals surface area contributed by atoms with E-state index in [4.69, 9.17) is 21.6 Å². The normalized spacial score (nSPS) is 11.4. The maximum atomic E-state index is 11.6. The molecule has 0 rings (SSSR count). The molecule has 0 spiro atoms. The van der Waals surface area contributed by atoms with Gasteiger partial charge >= 0.3 is 6.03 Å². The van der Waals surface area contributed by atoms with Crippen molar-refractivity contribution in [2.45, 2.75) is 18.7 Å². The molecule has 0 aliphatic rings. The number of urea groups is 1. The fourth-order valence-electron chi connectivity index (χ4n) is 0.985. The predicted octanol–water partition coefficient (Wildman–Crippen LogP) is 0.712. The number of nitrogens with one attached hydrogen (secondary N) is 1. The van der Waals surface area contributed by atoms with Gasteiger partial charge in [0.1, 0.15) is 5.38 Å². The molecular formula is C10H16ClN3O3. The van der Waals surface area contributed by atoms with Crippen molar-refractivity contribution in [2.75, 3.05) is 26.8 Å². The summed E-state index contributed by atoms with van der Waals surface area (Å²) in [4.78, 5) is 24.2. The second-order valence-corrected chi connectivity index (χ2v) is 3.95. The van der Waals surface area contributed by atoms with Gasteiger partial charge in [-0.1, -0.05) is 0 Å². The molecule has 3 amide bonds. The third kappa shape index (κ3) is 6.76. The topological polar surface area (TPSA) is 82.4 Å². The number of rotatable bonds is 6. The summed E-state index contributed by atoms with van der Waals surface area (Å²) < 4.78 is 4.84. The first-order valence-corrected chi connectivity index (χ1v) is 5.56. The van der Waals surface area contributed by atoms with Crippen LogP contribution >= 0.6 is 11.6 Å². The Morgan fingerprint density at radius 3 is 2.65 bits per heavy atom. The van der Waals surface area contributed by atoms with Crippen LogP contribution in [-0.4, -0.2) is 49.0 Å². The summed E-state index contributed by atoms with van der Waals surface area (Å²) in [6.45, 7) is 2.37. The molecule has 0 aliphatic carbocycles. The van der Waals surface area contributed by atoms with E-state index in [0.29, 0.717) is 13.2 Å². The number of imide groups is 1. The number of hydrogen-bond acceptors (Lipinski definition) is 4. The molecule has 1 atom stereocenters. The number of halogens is 1. The van der Waals surface area contributed by atoms with E-state index in [1.165, 1.54) is 18.9 Å². The largest absolute Gasteiger partial charge is 0.383 e. The van der Waals surface area contributed by atoms with Crippen LogP contribution in [0.3, 0.4) is 0 Å². The Morgan fingerprint density at radius 2 is 2.18 bits per heavy atom. The average Bonchev–Trinajstić information content (AvgIpc) is 2.28. The molecule has 6 nitrogen and oxygen atoms in total. The van der Waals surface area contributed by atoms with Crippen molar-refractivity contribution in [1.29, 1.82) is 5.26 Å². The quantitative estimate of drug-likeness (QED) is 0.714. The number of nitrogens with zero attached hydrogens (tertiary/aromatic N) is 2. The molecule has 0 heterocycles. The highest BCUT2D eigenvalue weighted by Crippen LogP contribution is 1.96. The van der Waals surface area contributed by atoms with Crippen molar-refractivity contribution in [3.63, 3.8) is 0 Å². The van der Waals surface area contributed by atoms with Gasteiger partial charge < -0.3 is 9.64 Å². The zero-order valence-corrected chi connectivity index (χ0v) is 10.7. The van der Waals surface area contributed by atoms with Gasteiger partial charge in [0.15, 0.2) is 0 Å². The van der Waals surface area contributed by atoms with Crippen molar-refractivity contribution < 1.29 is 14.3 Å². The molecule has 0 aromatic heterocycles. The van der Waals surface area contributed by atoms with Gasteiger partial charge in [0, 0.05) is 20.2 Å². The Kier molecular flexibility index (Phi) is 8.11. The van der Waals surface area contributed by atoms with Gasteiger partial charge in [-0.15, -0.1) is 11.6 Å². The lowest BCUT2D eigenvalue weighted by Crippen LogP contribution is -2.46. The first-order valence-electron chi connectivity index (χ1n) is 5.12. The molecule has 7 heteroatoms. The highest BCUT2D eigenvalue weighted by atomic mass is 35.5. The second-order valence-electron chi connectivity index (χ2n) is 3.30. The Labute approximate surface area is 105 Å². The number of methoxy groups -OCH3 is 1. The van der Waals surface area contributed by atoms with Gasteiger partial charge in [0.25, 0.3) is 0 Å². The van der Waals surface area contributed by atoms with E-state index in [1.54, 1.807) is 0 Å². The fourth-order valence-corrected chi connectivity index (χ4v) is 1.04. The fraction of sp³-hybridized carbons (Fsp3) is 0.700. The molecule has 0 aromatic carbocycles. The Bertz CT molecular complexity index is 302. The van der Waals surface area contributed by atoms with Crippen LogP contribution in [0.1, 0.15) is 13.3 Å². The summed E-state index contributed by atoms with van der Waals surface area (Å²) in [6, 6.07) is 1.37. The van der Waals surface area contributed by atoms with E-state index in [9.17, 15) is 9.59 Å². The second kappa shape index (κ2) is 8.79. The first kappa shape index (κ1) is 15.7. The van der Waals surface area contributed by atoms with Crippen molar-refractivity contribution in [2.24, 2.45) is 0 Å². The van der Waals surface area contributed by atoms with E-state index in [2.05, 4.69) is 5.32 Å². The summed E-state index contributed by atoms with van der Waals surface area (Å²) in [5, 5.41) is 9.83. The minimum absolute atomic E-state index is 0.196. The standard InChI is InChI=1S/C10H16ClN3O3/c1-8(11)9(15)13-10(16)14(5-3-4-12)6-7-17-2/h8H,3,5-7H2,1-2H3,(H,13,15,16). The zero-order valence-electron chi connectivity index (χ0n) is 9.90. The summed E-state index contributed by atoms with van der Waals surface area (Å²) in [5.74, 6) is -0.559. The average molecular weight is 262 g/mol.